The average molecular weight is 504 g/mol. The summed E-state index contributed by atoms with van der Waals surface area (Å²) in [5, 5.41) is 5.42. The average Bonchev–Trinajstić information content (AvgIpc) is 3.11. The van der Waals surface area contributed by atoms with Crippen molar-refractivity contribution in [1.82, 2.24) is 5.32 Å². The number of halogens is 1. The minimum atomic E-state index is -0.735. The van der Waals surface area contributed by atoms with E-state index < -0.39 is 17.8 Å². The molecule has 3 aromatic rings. The van der Waals surface area contributed by atoms with E-state index in [9.17, 15) is 19.2 Å². The molecule has 0 spiro atoms. The lowest BCUT2D eigenvalue weighted by Crippen LogP contribution is -2.32. The number of benzene rings is 3. The number of carbonyl (C=O) groups is 4. The van der Waals surface area contributed by atoms with E-state index in [0.717, 1.165) is 10.5 Å². The number of amides is 3. The number of esters is 1. The Bertz CT molecular complexity index is 1370. The number of carbonyl (C=O) groups excluding carboxylic acids is 4. The van der Waals surface area contributed by atoms with Gasteiger partial charge in [0.2, 0.25) is 0 Å². The van der Waals surface area contributed by atoms with Gasteiger partial charge in [0.25, 0.3) is 17.7 Å². The lowest BCUT2D eigenvalue weighted by atomic mass is 10.1. The zero-order chi connectivity index (χ0) is 25.7. The zero-order valence-electron chi connectivity index (χ0n) is 19.3. The van der Waals surface area contributed by atoms with Crippen LogP contribution in [0, 0.1) is 0 Å². The Labute approximate surface area is 212 Å². The molecule has 0 aromatic heterocycles. The molecular weight excluding hydrogens is 482 g/mol. The molecule has 3 amide bonds. The Kier molecular flexibility index (Phi) is 7.46. The third kappa shape index (κ3) is 5.29. The first-order valence-corrected chi connectivity index (χ1v) is 11.4. The molecule has 36 heavy (non-hydrogen) atoms. The maximum absolute atomic E-state index is 13.1. The number of methoxy groups -OCH3 is 1. The van der Waals surface area contributed by atoms with Crippen molar-refractivity contribution in [3.8, 4) is 0 Å². The van der Waals surface area contributed by atoms with Gasteiger partial charge in [0, 0.05) is 17.8 Å². The number of imide groups is 1. The number of hydrogen-bond acceptors (Lipinski definition) is 6. The van der Waals surface area contributed by atoms with Crippen LogP contribution >= 0.6 is 11.6 Å². The number of nitrogens with one attached hydrogen (secondary N) is 2. The van der Waals surface area contributed by atoms with Crippen LogP contribution in [-0.2, 0) is 20.7 Å². The van der Waals surface area contributed by atoms with Crippen molar-refractivity contribution in [3.05, 3.63) is 106 Å². The molecule has 0 fully saturated rings. The van der Waals surface area contributed by atoms with Gasteiger partial charge in [-0.25, -0.2) is 9.69 Å². The highest BCUT2D eigenvalue weighted by Gasteiger charge is 2.39. The third-order valence-corrected chi connectivity index (χ3v) is 5.84. The molecule has 0 radical (unpaired) electrons. The predicted octanol–water partition coefficient (Wildman–Crippen LogP) is 3.88. The maximum atomic E-state index is 13.1. The van der Waals surface area contributed by atoms with Gasteiger partial charge in [-0.1, -0.05) is 54.1 Å². The van der Waals surface area contributed by atoms with Crippen LogP contribution in [0.1, 0.15) is 26.3 Å². The van der Waals surface area contributed by atoms with Crippen LogP contribution in [0.3, 0.4) is 0 Å². The van der Waals surface area contributed by atoms with E-state index in [0.29, 0.717) is 24.2 Å². The molecule has 0 aliphatic carbocycles. The number of nitrogens with zero attached hydrogens (tertiary/aromatic N) is 1. The van der Waals surface area contributed by atoms with Crippen LogP contribution < -0.4 is 15.5 Å². The number of anilines is 2. The van der Waals surface area contributed by atoms with Gasteiger partial charge in [0.05, 0.1) is 18.4 Å². The summed E-state index contributed by atoms with van der Waals surface area (Å²) in [5.74, 6) is -2.30. The molecule has 3 aromatic carbocycles. The quantitative estimate of drug-likeness (QED) is 0.357. The Morgan fingerprint density at radius 1 is 0.889 bits per heavy atom. The molecule has 0 saturated heterocycles. The second-order valence-corrected chi connectivity index (χ2v) is 8.25. The smallest absolute Gasteiger partial charge is 0.337 e. The maximum Gasteiger partial charge on any atom is 0.337 e. The standard InChI is InChI=1S/C27H22ClN3O5/c1-36-27(35)19-10-6-12-21(16-19)31-25(33)22(28)23(26(31)34)30-20-11-5-9-18(15-20)24(32)29-14-13-17-7-3-2-4-8-17/h2-12,15-16,30H,13-14H2,1H3,(H,29,32). The summed E-state index contributed by atoms with van der Waals surface area (Å²) in [4.78, 5) is 51.2. The monoisotopic (exact) mass is 503 g/mol. The number of rotatable bonds is 8. The zero-order valence-corrected chi connectivity index (χ0v) is 20.0. The molecule has 1 heterocycles. The van der Waals surface area contributed by atoms with Crippen LogP contribution in [0.15, 0.2) is 89.6 Å². The number of hydrogen-bond donors (Lipinski definition) is 2. The minimum Gasteiger partial charge on any atom is -0.465 e. The third-order valence-electron chi connectivity index (χ3n) is 5.49. The van der Waals surface area contributed by atoms with Crippen LogP contribution in [0.25, 0.3) is 0 Å². The summed E-state index contributed by atoms with van der Waals surface area (Å²) in [6.07, 6.45) is 0.691. The molecule has 182 valence electrons. The van der Waals surface area contributed by atoms with Crippen LogP contribution in [0.4, 0.5) is 11.4 Å². The molecule has 9 heteroatoms. The lowest BCUT2D eigenvalue weighted by molar-refractivity contribution is -0.120. The molecule has 0 saturated carbocycles. The second kappa shape index (κ2) is 10.9. The van der Waals surface area contributed by atoms with Crippen LogP contribution in [0.2, 0.25) is 0 Å². The predicted molar refractivity (Wildman–Crippen MR) is 136 cm³/mol. The van der Waals surface area contributed by atoms with Crippen molar-refractivity contribution in [1.29, 1.82) is 0 Å². The van der Waals surface area contributed by atoms with Crippen molar-refractivity contribution in [2.75, 3.05) is 23.9 Å². The Hall–Kier alpha value is -4.43. The van der Waals surface area contributed by atoms with Crippen LogP contribution in [-0.4, -0.2) is 37.3 Å². The second-order valence-electron chi connectivity index (χ2n) is 7.87. The van der Waals surface area contributed by atoms with E-state index in [2.05, 4.69) is 10.6 Å². The summed E-state index contributed by atoms with van der Waals surface area (Å²) >= 11 is 6.21. The van der Waals surface area contributed by atoms with E-state index >= 15 is 0 Å². The van der Waals surface area contributed by atoms with Gasteiger partial charge in [0.1, 0.15) is 10.7 Å². The Balaban J connectivity index is 1.46. The molecule has 0 bridgehead atoms. The van der Waals surface area contributed by atoms with E-state index in [1.165, 1.54) is 31.4 Å². The van der Waals surface area contributed by atoms with Gasteiger partial charge in [-0.15, -0.1) is 0 Å². The fraction of sp³-hybridized carbons (Fsp3) is 0.111. The summed E-state index contributed by atoms with van der Waals surface area (Å²) in [5.41, 5.74) is 2.12. The van der Waals surface area contributed by atoms with Crippen molar-refractivity contribution in [2.45, 2.75) is 6.42 Å². The first-order chi connectivity index (χ1) is 17.4. The van der Waals surface area contributed by atoms with E-state index in [-0.39, 0.29) is 27.9 Å². The highest BCUT2D eigenvalue weighted by molar-refractivity contribution is 6.53. The Morgan fingerprint density at radius 3 is 2.36 bits per heavy atom. The number of ether oxygens (including phenoxy) is 1. The highest BCUT2D eigenvalue weighted by atomic mass is 35.5. The van der Waals surface area contributed by atoms with Crippen molar-refractivity contribution in [2.24, 2.45) is 0 Å². The van der Waals surface area contributed by atoms with E-state index in [4.69, 9.17) is 16.3 Å². The minimum absolute atomic E-state index is 0.133. The van der Waals surface area contributed by atoms with Crippen LogP contribution in [0.5, 0.6) is 0 Å². The molecule has 1 aliphatic heterocycles. The summed E-state index contributed by atoms with van der Waals surface area (Å²) < 4.78 is 4.70. The summed E-state index contributed by atoms with van der Waals surface area (Å²) in [6.45, 7) is 0.462. The fourth-order valence-electron chi connectivity index (χ4n) is 3.69. The first-order valence-electron chi connectivity index (χ1n) is 11.0. The largest absolute Gasteiger partial charge is 0.465 e. The fourth-order valence-corrected chi connectivity index (χ4v) is 3.90. The Morgan fingerprint density at radius 2 is 1.61 bits per heavy atom. The first kappa shape index (κ1) is 24.7. The molecule has 0 unspecified atom stereocenters. The van der Waals surface area contributed by atoms with Crippen molar-refractivity contribution in [3.63, 3.8) is 0 Å². The van der Waals surface area contributed by atoms with Gasteiger partial charge >= 0.3 is 5.97 Å². The normalized spacial score (nSPS) is 13.1. The summed E-state index contributed by atoms with van der Waals surface area (Å²) in [7, 11) is 1.24. The van der Waals surface area contributed by atoms with Gasteiger partial charge in [-0.05, 0) is 48.4 Å². The topological polar surface area (TPSA) is 105 Å². The van der Waals surface area contributed by atoms with E-state index in [1.807, 2.05) is 30.3 Å². The molecule has 8 nitrogen and oxygen atoms in total. The van der Waals surface area contributed by atoms with Crippen molar-refractivity contribution < 1.29 is 23.9 Å². The molecule has 0 atom stereocenters. The van der Waals surface area contributed by atoms with Gasteiger partial charge < -0.3 is 15.4 Å². The van der Waals surface area contributed by atoms with Gasteiger partial charge in [-0.2, -0.15) is 0 Å². The van der Waals surface area contributed by atoms with Gasteiger partial charge in [0.15, 0.2) is 0 Å². The lowest BCUT2D eigenvalue weighted by Gasteiger charge is -2.16. The molecule has 1 aliphatic rings. The molecule has 4 rings (SSSR count). The SMILES string of the molecule is COC(=O)c1cccc(N2C(=O)C(Cl)=C(Nc3cccc(C(=O)NCCc4ccccc4)c3)C2=O)c1. The summed E-state index contributed by atoms with van der Waals surface area (Å²) in [6, 6.07) is 22.2. The molecular formula is C27H22ClN3O5. The van der Waals surface area contributed by atoms with Gasteiger partial charge in [-0.3, -0.25) is 14.4 Å². The van der Waals surface area contributed by atoms with Crippen molar-refractivity contribution >= 4 is 46.7 Å². The molecule has 2 N–H and O–H groups in total. The highest BCUT2D eigenvalue weighted by Crippen LogP contribution is 2.30. The van der Waals surface area contributed by atoms with E-state index in [1.54, 1.807) is 24.3 Å².